The number of carbonyl (C=O) groups excluding carboxylic acids is 1. The van der Waals surface area contributed by atoms with E-state index in [1.807, 2.05) is 6.07 Å². The van der Waals surface area contributed by atoms with Gasteiger partial charge in [-0.05, 0) is 43.3 Å². The molecule has 1 aromatic heterocycles. The van der Waals surface area contributed by atoms with E-state index in [1.165, 1.54) is 56.4 Å². The Hall–Kier alpha value is -2.08. The number of rotatable bonds is 5. The number of nitrogens with zero attached hydrogens (tertiary/aromatic N) is 2. The quantitative estimate of drug-likeness (QED) is 0.385. The molecule has 1 heterocycles. The number of hydrogen-bond donors (Lipinski definition) is 2. The van der Waals surface area contributed by atoms with Crippen LogP contribution < -0.4 is 20.8 Å². The number of carbonyl (C=O) groups is 1. The van der Waals surface area contributed by atoms with E-state index >= 15 is 0 Å². The molecule has 0 aliphatic carbocycles. The molecule has 174 valence electrons. The molecule has 3 rings (SSSR count). The van der Waals surface area contributed by atoms with Gasteiger partial charge in [-0.25, -0.2) is 22.7 Å². The van der Waals surface area contributed by atoms with Crippen LogP contribution in [0.5, 0.6) is 5.75 Å². The summed E-state index contributed by atoms with van der Waals surface area (Å²) < 4.78 is 37.2. The monoisotopic (exact) mass is 510 g/mol. The summed E-state index contributed by atoms with van der Waals surface area (Å²) in [6.07, 6.45) is -0.694. The Bertz CT molecular complexity index is 1460. The zero-order valence-electron chi connectivity index (χ0n) is 18.4. The van der Waals surface area contributed by atoms with Crippen LogP contribution in [0.4, 0.5) is 4.79 Å². The molecule has 0 aliphatic heterocycles. The summed E-state index contributed by atoms with van der Waals surface area (Å²) >= 11 is 0. The second kappa shape index (κ2) is 11.1. The van der Waals surface area contributed by atoms with E-state index in [0.29, 0.717) is 16.5 Å². The minimum absolute atomic E-state index is 0. The Morgan fingerprint density at radius 1 is 1.26 bits per heavy atom. The molecule has 0 fully saturated rings. The van der Waals surface area contributed by atoms with E-state index in [9.17, 15) is 23.3 Å². The molecular weight excluding hydrogens is 487 g/mol. The third-order valence-electron chi connectivity index (χ3n) is 5.10. The summed E-state index contributed by atoms with van der Waals surface area (Å²) in [5, 5.41) is 9.96. The number of fused-ring (bicyclic) bond motifs is 1. The van der Waals surface area contributed by atoms with Crippen LogP contribution in [0.2, 0.25) is 0 Å². The van der Waals surface area contributed by atoms with Crippen molar-refractivity contribution in [1.29, 1.82) is 5.26 Å². The predicted molar refractivity (Wildman–Crippen MR) is 128 cm³/mol. The van der Waals surface area contributed by atoms with Crippen LogP contribution in [-0.2, 0) is 10.0 Å². The van der Waals surface area contributed by atoms with Crippen molar-refractivity contribution in [2.45, 2.75) is 17.9 Å². The third-order valence-corrected chi connectivity index (χ3v) is 6.51. The summed E-state index contributed by atoms with van der Waals surface area (Å²) in [5.41, 5.74) is 6.75. The second-order valence-electron chi connectivity index (χ2n) is 7.40. The number of nitrogens with two attached hydrogens (primary N) is 1. The molecule has 0 saturated heterocycles. The normalized spacial score (nSPS) is 11.9. The van der Waals surface area contributed by atoms with E-state index in [-0.39, 0.29) is 78.7 Å². The number of sulfonamides is 1. The SMILES string of the molecule is CNS(=O)(=O)c1cccc(C(N)c2c(C)c3cc(C#N)c(OC(=O)N(C)C)cc3oc2=O)c1.[KH]. The van der Waals surface area contributed by atoms with Crippen molar-refractivity contribution >= 4 is 78.5 Å². The number of benzene rings is 2. The fourth-order valence-electron chi connectivity index (χ4n) is 3.27. The van der Waals surface area contributed by atoms with Crippen molar-refractivity contribution < 1.29 is 22.4 Å². The number of nitrogens with one attached hydrogen (secondary N) is 1. The minimum atomic E-state index is -3.71. The molecule has 0 radical (unpaired) electrons. The Morgan fingerprint density at radius 3 is 2.53 bits per heavy atom. The first-order chi connectivity index (χ1) is 15.5. The van der Waals surface area contributed by atoms with Crippen LogP contribution in [0.3, 0.4) is 0 Å². The second-order valence-corrected chi connectivity index (χ2v) is 9.29. The Morgan fingerprint density at radius 2 is 1.94 bits per heavy atom. The Kier molecular flexibility index (Phi) is 9.20. The van der Waals surface area contributed by atoms with Crippen molar-refractivity contribution in [2.75, 3.05) is 21.1 Å². The van der Waals surface area contributed by atoms with Crippen molar-refractivity contribution in [1.82, 2.24) is 9.62 Å². The summed E-state index contributed by atoms with van der Waals surface area (Å²) in [7, 11) is 0.564. The number of hydrogen-bond acceptors (Lipinski definition) is 8. The third kappa shape index (κ3) is 5.59. The predicted octanol–water partition coefficient (Wildman–Crippen LogP) is 1.34. The van der Waals surface area contributed by atoms with Gasteiger partial charge in [0.05, 0.1) is 22.1 Å². The van der Waals surface area contributed by atoms with Crippen molar-refractivity contribution in [3.63, 3.8) is 0 Å². The van der Waals surface area contributed by atoms with E-state index in [1.54, 1.807) is 13.0 Å². The van der Waals surface area contributed by atoms with Gasteiger partial charge in [-0.1, -0.05) is 12.1 Å². The van der Waals surface area contributed by atoms with Crippen LogP contribution in [0, 0.1) is 18.3 Å². The van der Waals surface area contributed by atoms with E-state index < -0.39 is 27.8 Å². The molecule has 12 heteroatoms. The Balaban J connectivity index is 0.00000408. The summed E-state index contributed by atoms with van der Waals surface area (Å²) in [4.78, 5) is 25.9. The molecule has 0 spiro atoms. The fraction of sp³-hybridized carbons (Fsp3) is 0.227. The maximum absolute atomic E-state index is 12.8. The fourth-order valence-corrected chi connectivity index (χ4v) is 4.05. The first kappa shape index (κ1) is 28.2. The number of ether oxygens (including phenoxy) is 1. The number of nitriles is 1. The topological polar surface area (TPSA) is 156 Å². The molecule has 3 aromatic rings. The van der Waals surface area contributed by atoms with Gasteiger partial charge >= 0.3 is 63.1 Å². The number of aryl methyl sites for hydroxylation is 1. The van der Waals surface area contributed by atoms with Crippen LogP contribution in [-0.4, -0.2) is 91.9 Å². The van der Waals surface area contributed by atoms with Gasteiger partial charge in [0, 0.05) is 25.5 Å². The standard InChI is InChI=1S/C22H22N4O6S.K.H/c1-12-16-9-14(11-23)17(32-22(28)26(3)4)10-18(16)31-21(27)19(12)20(24)13-6-5-7-15(8-13)33(29,30)25-2;;/h5-10,20,25H,24H2,1-4H3;;. The average Bonchev–Trinajstić information content (AvgIpc) is 2.78. The first-order valence-corrected chi connectivity index (χ1v) is 11.2. The van der Waals surface area contributed by atoms with E-state index in [4.69, 9.17) is 14.9 Å². The molecule has 0 aliphatic rings. The molecule has 2 aromatic carbocycles. The van der Waals surface area contributed by atoms with Gasteiger partial charge in [0.15, 0.2) is 5.75 Å². The zero-order chi connectivity index (χ0) is 24.5. The molecule has 1 amide bonds. The molecule has 1 atom stereocenters. The van der Waals surface area contributed by atoms with Crippen LogP contribution in [0.25, 0.3) is 11.0 Å². The molecule has 0 saturated carbocycles. The van der Waals surface area contributed by atoms with Gasteiger partial charge in [0.25, 0.3) is 0 Å². The van der Waals surface area contributed by atoms with Crippen LogP contribution >= 0.6 is 0 Å². The first-order valence-electron chi connectivity index (χ1n) is 9.69. The molecule has 3 N–H and O–H groups in total. The van der Waals surface area contributed by atoms with Gasteiger partial charge in [-0.15, -0.1) is 0 Å². The molecule has 0 bridgehead atoms. The summed E-state index contributed by atoms with van der Waals surface area (Å²) in [6, 6.07) is 9.64. The molecule has 1 unspecified atom stereocenters. The molecular formula is C22H23KN4O6S. The average molecular weight is 511 g/mol. The van der Waals surface area contributed by atoms with Gasteiger partial charge in [0.2, 0.25) is 10.0 Å². The zero-order valence-corrected chi connectivity index (χ0v) is 19.2. The summed E-state index contributed by atoms with van der Waals surface area (Å²) in [6.45, 7) is 1.65. The summed E-state index contributed by atoms with van der Waals surface area (Å²) in [5.74, 6) is -0.0479. The van der Waals surface area contributed by atoms with Gasteiger partial charge in [-0.3, -0.25) is 0 Å². The molecule has 34 heavy (non-hydrogen) atoms. The Labute approximate surface area is 239 Å². The van der Waals surface area contributed by atoms with Crippen molar-refractivity contribution in [3.8, 4) is 11.8 Å². The van der Waals surface area contributed by atoms with Crippen LogP contribution in [0.1, 0.15) is 28.3 Å². The van der Waals surface area contributed by atoms with Gasteiger partial charge in [-0.2, -0.15) is 5.26 Å². The van der Waals surface area contributed by atoms with E-state index in [2.05, 4.69) is 4.72 Å². The molecule has 10 nitrogen and oxygen atoms in total. The van der Waals surface area contributed by atoms with Crippen molar-refractivity contribution in [3.05, 3.63) is 69.1 Å². The van der Waals surface area contributed by atoms with Crippen molar-refractivity contribution in [2.24, 2.45) is 5.73 Å². The van der Waals surface area contributed by atoms with E-state index in [0.717, 1.165) is 0 Å². The van der Waals surface area contributed by atoms with Gasteiger partial charge < -0.3 is 19.8 Å². The van der Waals surface area contributed by atoms with Crippen LogP contribution in [0.15, 0.2) is 50.5 Å². The number of amides is 1. The van der Waals surface area contributed by atoms with Gasteiger partial charge in [0.1, 0.15) is 11.7 Å². The maximum atomic E-state index is 12.8.